The molecular formula is C28H18F4N6O. The normalized spacial score (nSPS) is 11.8. The van der Waals surface area contributed by atoms with Gasteiger partial charge in [0.15, 0.2) is 22.9 Å². The third kappa shape index (κ3) is 4.81. The molecule has 0 aliphatic heterocycles. The van der Waals surface area contributed by atoms with Gasteiger partial charge in [0.25, 0.3) is 5.91 Å². The number of carbonyl (C=O) groups is 1. The van der Waals surface area contributed by atoms with Crippen LogP contribution in [0.5, 0.6) is 0 Å². The van der Waals surface area contributed by atoms with Crippen molar-refractivity contribution in [2.24, 2.45) is 0 Å². The van der Waals surface area contributed by atoms with Crippen molar-refractivity contribution in [3.63, 3.8) is 0 Å². The Labute approximate surface area is 218 Å². The van der Waals surface area contributed by atoms with E-state index in [9.17, 15) is 22.4 Å². The number of nitrogens with zero attached hydrogens (tertiary/aromatic N) is 5. The molecule has 0 atom stereocenters. The summed E-state index contributed by atoms with van der Waals surface area (Å²) in [5.74, 6) is -1.02. The average Bonchev–Trinajstić information content (AvgIpc) is 3.55. The van der Waals surface area contributed by atoms with E-state index < -0.39 is 17.8 Å². The van der Waals surface area contributed by atoms with Crippen LogP contribution in [0, 0.1) is 5.82 Å². The van der Waals surface area contributed by atoms with Gasteiger partial charge in [-0.3, -0.25) is 9.48 Å². The molecule has 194 valence electrons. The van der Waals surface area contributed by atoms with Crippen LogP contribution in [0.15, 0.2) is 91.1 Å². The summed E-state index contributed by atoms with van der Waals surface area (Å²) in [5, 5.41) is 12.4. The average molecular weight is 530 g/mol. The van der Waals surface area contributed by atoms with Gasteiger partial charge in [-0.15, -0.1) is 0 Å². The van der Waals surface area contributed by atoms with Gasteiger partial charge in [-0.2, -0.15) is 23.4 Å². The van der Waals surface area contributed by atoms with Crippen molar-refractivity contribution in [3.8, 4) is 11.3 Å². The number of hydrogen-bond donors (Lipinski definition) is 1. The number of fused-ring (bicyclic) bond motifs is 2. The number of amides is 1. The van der Waals surface area contributed by atoms with Crippen LogP contribution in [-0.4, -0.2) is 30.3 Å². The second-order valence-electron chi connectivity index (χ2n) is 8.83. The molecule has 1 amide bonds. The number of carbonyl (C=O) groups excluding carboxylic acids is 1. The van der Waals surface area contributed by atoms with Gasteiger partial charge in [0.05, 0.1) is 12.2 Å². The van der Waals surface area contributed by atoms with E-state index in [0.29, 0.717) is 15.6 Å². The standard InChI is InChI=1S/C28H18F4N6O/c29-21-8-4-3-7-20(21)16-37-12-11-25(36-37)34-27(39)23-15-26-33-22(14-24(28(30,31)32)38(26)35-23)19-10-9-17-5-1-2-6-18(17)13-19/h1-15H,16H2,(H,34,36,39). The molecule has 0 saturated carbocycles. The van der Waals surface area contributed by atoms with Gasteiger partial charge in [0, 0.05) is 29.5 Å². The van der Waals surface area contributed by atoms with E-state index in [4.69, 9.17) is 0 Å². The number of alkyl halides is 3. The van der Waals surface area contributed by atoms with Crippen LogP contribution in [0.3, 0.4) is 0 Å². The monoisotopic (exact) mass is 530 g/mol. The SMILES string of the molecule is O=C(Nc1ccn(Cc2ccccc2F)n1)c1cc2nc(-c3ccc4ccccc4c3)cc(C(F)(F)F)n2n1. The number of anilines is 1. The van der Waals surface area contributed by atoms with Crippen LogP contribution in [0.25, 0.3) is 27.7 Å². The second kappa shape index (κ2) is 9.35. The van der Waals surface area contributed by atoms with Crippen LogP contribution < -0.4 is 5.32 Å². The van der Waals surface area contributed by atoms with Gasteiger partial charge in [0.1, 0.15) is 5.82 Å². The fraction of sp³-hybridized carbons (Fsp3) is 0.0714. The molecule has 0 aliphatic rings. The Morgan fingerprint density at radius 3 is 2.44 bits per heavy atom. The molecule has 0 saturated heterocycles. The summed E-state index contributed by atoms with van der Waals surface area (Å²) >= 11 is 0. The zero-order valence-corrected chi connectivity index (χ0v) is 20.0. The van der Waals surface area contributed by atoms with Crippen molar-refractivity contribution in [2.75, 3.05) is 5.32 Å². The quantitative estimate of drug-likeness (QED) is 0.269. The van der Waals surface area contributed by atoms with Crippen LogP contribution in [0.4, 0.5) is 23.4 Å². The van der Waals surface area contributed by atoms with E-state index in [1.54, 1.807) is 36.5 Å². The summed E-state index contributed by atoms with van der Waals surface area (Å²) in [6, 6.07) is 22.6. The Morgan fingerprint density at radius 2 is 1.64 bits per heavy atom. The Balaban J connectivity index is 1.31. The molecule has 0 spiro atoms. The minimum absolute atomic E-state index is 0.0966. The van der Waals surface area contributed by atoms with Gasteiger partial charge in [-0.1, -0.05) is 54.6 Å². The molecule has 6 aromatic rings. The number of aromatic nitrogens is 5. The third-order valence-corrected chi connectivity index (χ3v) is 6.17. The Hall–Kier alpha value is -5.06. The summed E-state index contributed by atoms with van der Waals surface area (Å²) in [4.78, 5) is 17.2. The van der Waals surface area contributed by atoms with Crippen molar-refractivity contribution in [1.29, 1.82) is 0 Å². The number of halogens is 4. The first-order chi connectivity index (χ1) is 18.7. The van der Waals surface area contributed by atoms with E-state index >= 15 is 0 Å². The van der Waals surface area contributed by atoms with Crippen LogP contribution in [0.1, 0.15) is 21.7 Å². The molecule has 0 unspecified atom stereocenters. The van der Waals surface area contributed by atoms with Crippen molar-refractivity contribution in [1.82, 2.24) is 24.4 Å². The van der Waals surface area contributed by atoms with Crippen molar-refractivity contribution >= 4 is 28.1 Å². The predicted octanol–water partition coefficient (Wildman–Crippen LogP) is 6.20. The molecule has 0 aliphatic carbocycles. The number of benzene rings is 3. The Morgan fingerprint density at radius 1 is 0.872 bits per heavy atom. The number of rotatable bonds is 5. The molecule has 0 fully saturated rings. The largest absolute Gasteiger partial charge is 0.433 e. The summed E-state index contributed by atoms with van der Waals surface area (Å²) in [6.07, 6.45) is -3.21. The Bertz CT molecular complexity index is 1860. The molecule has 3 heterocycles. The first-order valence-electron chi connectivity index (χ1n) is 11.8. The summed E-state index contributed by atoms with van der Waals surface area (Å²) in [7, 11) is 0. The van der Waals surface area contributed by atoms with Crippen molar-refractivity contribution in [2.45, 2.75) is 12.7 Å². The van der Waals surface area contributed by atoms with Gasteiger partial charge < -0.3 is 5.32 Å². The van der Waals surface area contributed by atoms with Crippen LogP contribution in [-0.2, 0) is 12.7 Å². The second-order valence-corrected chi connectivity index (χ2v) is 8.83. The zero-order valence-electron chi connectivity index (χ0n) is 20.0. The molecule has 0 bridgehead atoms. The van der Waals surface area contributed by atoms with Crippen molar-refractivity contribution in [3.05, 3.63) is 114 Å². The maximum Gasteiger partial charge on any atom is 0.433 e. The van der Waals surface area contributed by atoms with Crippen LogP contribution >= 0.6 is 0 Å². The highest BCUT2D eigenvalue weighted by atomic mass is 19.4. The molecule has 6 rings (SSSR count). The van der Waals surface area contributed by atoms with Crippen molar-refractivity contribution < 1.29 is 22.4 Å². The molecule has 3 aromatic carbocycles. The molecule has 7 nitrogen and oxygen atoms in total. The maximum absolute atomic E-state index is 14.0. The third-order valence-electron chi connectivity index (χ3n) is 6.17. The first kappa shape index (κ1) is 24.3. The van der Waals surface area contributed by atoms with Gasteiger partial charge in [-0.25, -0.2) is 13.9 Å². The highest BCUT2D eigenvalue weighted by molar-refractivity contribution is 6.03. The lowest BCUT2D eigenvalue weighted by Gasteiger charge is -2.11. The molecule has 11 heteroatoms. The van der Waals surface area contributed by atoms with E-state index in [1.165, 1.54) is 22.9 Å². The smallest absolute Gasteiger partial charge is 0.304 e. The van der Waals surface area contributed by atoms with E-state index in [2.05, 4.69) is 20.5 Å². The highest BCUT2D eigenvalue weighted by Gasteiger charge is 2.35. The minimum Gasteiger partial charge on any atom is -0.304 e. The molecule has 1 N–H and O–H groups in total. The fourth-order valence-electron chi connectivity index (χ4n) is 4.28. The molecule has 3 aromatic heterocycles. The van der Waals surface area contributed by atoms with E-state index in [0.717, 1.165) is 16.8 Å². The lowest BCUT2D eigenvalue weighted by molar-refractivity contribution is -0.142. The lowest BCUT2D eigenvalue weighted by Crippen LogP contribution is -2.16. The number of nitrogens with one attached hydrogen (secondary N) is 1. The summed E-state index contributed by atoms with van der Waals surface area (Å²) in [6.45, 7) is 0.132. The predicted molar refractivity (Wildman–Crippen MR) is 137 cm³/mol. The topological polar surface area (TPSA) is 77.1 Å². The zero-order chi connectivity index (χ0) is 27.1. The fourth-order valence-corrected chi connectivity index (χ4v) is 4.28. The summed E-state index contributed by atoms with van der Waals surface area (Å²) < 4.78 is 58.0. The van der Waals surface area contributed by atoms with Gasteiger partial charge >= 0.3 is 6.18 Å². The maximum atomic E-state index is 14.0. The molecular weight excluding hydrogens is 512 g/mol. The van der Waals surface area contributed by atoms with E-state index in [-0.39, 0.29) is 35.2 Å². The Kier molecular flexibility index (Phi) is 5.82. The van der Waals surface area contributed by atoms with Gasteiger partial charge in [0.2, 0.25) is 0 Å². The molecule has 0 radical (unpaired) electrons. The summed E-state index contributed by atoms with van der Waals surface area (Å²) in [5.41, 5.74) is -0.472. The molecule has 39 heavy (non-hydrogen) atoms. The van der Waals surface area contributed by atoms with Gasteiger partial charge in [-0.05, 0) is 29.0 Å². The highest BCUT2D eigenvalue weighted by Crippen LogP contribution is 2.33. The van der Waals surface area contributed by atoms with Crippen LogP contribution in [0.2, 0.25) is 0 Å². The lowest BCUT2D eigenvalue weighted by atomic mass is 10.0. The number of hydrogen-bond acceptors (Lipinski definition) is 4. The van der Waals surface area contributed by atoms with E-state index in [1.807, 2.05) is 30.3 Å². The minimum atomic E-state index is -4.75. The first-order valence-corrected chi connectivity index (χ1v) is 11.8.